The number of aromatic carboxylic acids is 1. The van der Waals surface area contributed by atoms with E-state index in [4.69, 9.17) is 9.84 Å². The van der Waals surface area contributed by atoms with Gasteiger partial charge in [-0.15, -0.1) is 0 Å². The van der Waals surface area contributed by atoms with Crippen LogP contribution in [0.3, 0.4) is 0 Å². The smallest absolute Gasteiger partial charge is 0.356 e. The Labute approximate surface area is 106 Å². The van der Waals surface area contributed by atoms with Crippen molar-refractivity contribution < 1.29 is 14.6 Å². The molecular weight excluding hydrogens is 234 g/mol. The number of carboxylic acid groups (broad SMARTS) is 1. The summed E-state index contributed by atoms with van der Waals surface area (Å²) in [6, 6.07) is 0. The van der Waals surface area contributed by atoms with Gasteiger partial charge in [0.2, 0.25) is 0 Å². The minimum Gasteiger partial charge on any atom is -0.476 e. The third-order valence-electron chi connectivity index (χ3n) is 2.29. The molecule has 0 unspecified atom stereocenters. The van der Waals surface area contributed by atoms with Gasteiger partial charge >= 0.3 is 5.97 Å². The number of hydrogen-bond acceptors (Lipinski definition) is 5. The summed E-state index contributed by atoms with van der Waals surface area (Å²) in [5.74, 6) is -0.429. The Balaban J connectivity index is 2.80. The van der Waals surface area contributed by atoms with Crippen LogP contribution in [-0.2, 0) is 4.74 Å². The number of anilines is 1. The van der Waals surface area contributed by atoms with Crippen LogP contribution in [-0.4, -0.2) is 40.8 Å². The van der Waals surface area contributed by atoms with Gasteiger partial charge in [0, 0.05) is 19.1 Å². The van der Waals surface area contributed by atoms with E-state index >= 15 is 0 Å². The maximum Gasteiger partial charge on any atom is 0.356 e. The van der Waals surface area contributed by atoms with Crippen LogP contribution in [0.2, 0.25) is 0 Å². The Morgan fingerprint density at radius 2 is 2.28 bits per heavy atom. The molecule has 0 aliphatic heterocycles. The summed E-state index contributed by atoms with van der Waals surface area (Å²) >= 11 is 0. The highest BCUT2D eigenvalue weighted by Gasteiger charge is 2.15. The second kappa shape index (κ2) is 6.90. The number of carbonyl (C=O) groups is 1. The van der Waals surface area contributed by atoms with Gasteiger partial charge in [0.25, 0.3) is 0 Å². The highest BCUT2D eigenvalue weighted by molar-refractivity contribution is 5.91. The first-order valence-corrected chi connectivity index (χ1v) is 5.98. The molecule has 0 amide bonds. The van der Waals surface area contributed by atoms with Crippen molar-refractivity contribution in [2.24, 2.45) is 0 Å². The second-order valence-corrected chi connectivity index (χ2v) is 4.07. The van der Waals surface area contributed by atoms with Crippen LogP contribution in [0.25, 0.3) is 0 Å². The normalized spacial score (nSPS) is 10.7. The van der Waals surface area contributed by atoms with Gasteiger partial charge in [-0.25, -0.2) is 14.8 Å². The van der Waals surface area contributed by atoms with E-state index in [0.717, 1.165) is 0 Å². The van der Waals surface area contributed by atoms with E-state index in [9.17, 15) is 4.79 Å². The van der Waals surface area contributed by atoms with E-state index in [2.05, 4.69) is 15.3 Å². The van der Waals surface area contributed by atoms with Crippen molar-refractivity contribution in [2.75, 3.05) is 25.1 Å². The number of nitrogens with one attached hydrogen (secondary N) is 1. The zero-order valence-electron chi connectivity index (χ0n) is 10.9. The van der Waals surface area contributed by atoms with Crippen LogP contribution in [0.5, 0.6) is 0 Å². The van der Waals surface area contributed by atoms with Crippen LogP contribution in [0.1, 0.15) is 43.0 Å². The van der Waals surface area contributed by atoms with Crippen molar-refractivity contribution in [3.8, 4) is 0 Å². The third-order valence-corrected chi connectivity index (χ3v) is 2.29. The van der Waals surface area contributed by atoms with Gasteiger partial charge in [-0.05, 0) is 6.92 Å². The molecule has 0 radical (unpaired) electrons. The Morgan fingerprint density at radius 3 is 2.83 bits per heavy atom. The number of aromatic nitrogens is 2. The highest BCUT2D eigenvalue weighted by atomic mass is 16.5. The summed E-state index contributed by atoms with van der Waals surface area (Å²) in [5, 5.41) is 12.1. The highest BCUT2D eigenvalue weighted by Crippen LogP contribution is 2.16. The molecule has 1 aromatic heterocycles. The second-order valence-electron chi connectivity index (χ2n) is 4.07. The molecule has 1 aromatic rings. The summed E-state index contributed by atoms with van der Waals surface area (Å²) in [7, 11) is 0. The standard InChI is InChI=1S/C12H19N3O3/c1-4-18-6-5-13-9-7-14-11(8(2)3)15-10(9)12(16)17/h7-8,13H,4-6H2,1-3H3,(H,16,17). The van der Waals surface area contributed by atoms with E-state index < -0.39 is 5.97 Å². The van der Waals surface area contributed by atoms with Crippen molar-refractivity contribution >= 4 is 11.7 Å². The number of rotatable bonds is 7. The van der Waals surface area contributed by atoms with E-state index in [-0.39, 0.29) is 11.6 Å². The van der Waals surface area contributed by atoms with Crippen molar-refractivity contribution in [3.63, 3.8) is 0 Å². The topological polar surface area (TPSA) is 84.3 Å². The van der Waals surface area contributed by atoms with Crippen LogP contribution >= 0.6 is 0 Å². The summed E-state index contributed by atoms with van der Waals surface area (Å²) in [4.78, 5) is 19.3. The molecule has 1 rings (SSSR count). The van der Waals surface area contributed by atoms with Crippen molar-refractivity contribution in [3.05, 3.63) is 17.7 Å². The van der Waals surface area contributed by atoms with E-state index in [1.807, 2.05) is 20.8 Å². The summed E-state index contributed by atoms with van der Waals surface area (Å²) in [6.07, 6.45) is 1.51. The maximum atomic E-state index is 11.1. The lowest BCUT2D eigenvalue weighted by molar-refractivity contribution is 0.0691. The number of ether oxygens (including phenoxy) is 1. The van der Waals surface area contributed by atoms with Gasteiger partial charge in [-0.1, -0.05) is 13.8 Å². The quantitative estimate of drug-likeness (QED) is 0.720. The zero-order valence-corrected chi connectivity index (χ0v) is 10.9. The molecule has 6 heteroatoms. The molecule has 0 saturated heterocycles. The van der Waals surface area contributed by atoms with Gasteiger partial charge in [0.15, 0.2) is 5.69 Å². The summed E-state index contributed by atoms with van der Waals surface area (Å²) in [5.41, 5.74) is 0.428. The predicted molar refractivity (Wildman–Crippen MR) is 68.1 cm³/mol. The lowest BCUT2D eigenvalue weighted by Gasteiger charge is -2.11. The minimum absolute atomic E-state index is 0.00481. The van der Waals surface area contributed by atoms with Gasteiger partial charge in [-0.3, -0.25) is 0 Å². The monoisotopic (exact) mass is 253 g/mol. The lowest BCUT2D eigenvalue weighted by atomic mass is 10.2. The molecule has 100 valence electrons. The third kappa shape index (κ3) is 3.96. The molecule has 18 heavy (non-hydrogen) atoms. The van der Waals surface area contributed by atoms with E-state index in [0.29, 0.717) is 31.3 Å². The summed E-state index contributed by atoms with van der Waals surface area (Å²) < 4.78 is 5.17. The molecule has 0 spiro atoms. The molecule has 0 aromatic carbocycles. The average Bonchev–Trinajstić information content (AvgIpc) is 2.34. The fourth-order valence-corrected chi connectivity index (χ4v) is 1.37. The van der Waals surface area contributed by atoms with E-state index in [1.165, 1.54) is 6.20 Å². The molecule has 1 heterocycles. The lowest BCUT2D eigenvalue weighted by Crippen LogP contribution is -2.15. The SMILES string of the molecule is CCOCCNc1cnc(C(C)C)nc1C(=O)O. The first kappa shape index (κ1) is 14.4. The van der Waals surface area contributed by atoms with Crippen molar-refractivity contribution in [1.82, 2.24) is 9.97 Å². The first-order valence-electron chi connectivity index (χ1n) is 5.98. The fourth-order valence-electron chi connectivity index (χ4n) is 1.37. The zero-order chi connectivity index (χ0) is 13.5. The molecule has 0 atom stereocenters. The average molecular weight is 253 g/mol. The molecule has 0 saturated carbocycles. The van der Waals surface area contributed by atoms with E-state index in [1.54, 1.807) is 0 Å². The number of nitrogens with zero attached hydrogens (tertiary/aromatic N) is 2. The molecule has 6 nitrogen and oxygen atoms in total. The molecule has 0 bridgehead atoms. The maximum absolute atomic E-state index is 11.1. The predicted octanol–water partition coefficient (Wildman–Crippen LogP) is 1.75. The van der Waals surface area contributed by atoms with Crippen LogP contribution in [0.15, 0.2) is 6.20 Å². The molecule has 0 aliphatic rings. The van der Waals surface area contributed by atoms with Crippen LogP contribution in [0, 0.1) is 0 Å². The van der Waals surface area contributed by atoms with Crippen LogP contribution in [0.4, 0.5) is 5.69 Å². The van der Waals surface area contributed by atoms with Crippen molar-refractivity contribution in [2.45, 2.75) is 26.7 Å². The summed E-state index contributed by atoms with van der Waals surface area (Å²) in [6.45, 7) is 7.42. The number of hydrogen-bond donors (Lipinski definition) is 2. The van der Waals surface area contributed by atoms with Crippen LogP contribution < -0.4 is 5.32 Å². The fraction of sp³-hybridized carbons (Fsp3) is 0.583. The Kier molecular flexibility index (Phi) is 5.51. The largest absolute Gasteiger partial charge is 0.476 e. The van der Waals surface area contributed by atoms with Gasteiger partial charge in [-0.2, -0.15) is 0 Å². The number of carboxylic acids is 1. The van der Waals surface area contributed by atoms with Gasteiger partial charge < -0.3 is 15.2 Å². The molecule has 0 fully saturated rings. The van der Waals surface area contributed by atoms with Gasteiger partial charge in [0.05, 0.1) is 18.5 Å². The Bertz CT molecular complexity index is 408. The molecule has 0 aliphatic carbocycles. The Hall–Kier alpha value is -1.69. The molecular formula is C12H19N3O3. The Morgan fingerprint density at radius 1 is 1.56 bits per heavy atom. The van der Waals surface area contributed by atoms with Gasteiger partial charge in [0.1, 0.15) is 5.82 Å². The molecule has 2 N–H and O–H groups in total. The minimum atomic E-state index is -1.06. The first-order chi connectivity index (χ1) is 8.56. The van der Waals surface area contributed by atoms with Crippen molar-refractivity contribution in [1.29, 1.82) is 0 Å².